The lowest BCUT2D eigenvalue weighted by atomic mass is 9.87. The van der Waals surface area contributed by atoms with Crippen LogP contribution in [-0.2, 0) is 0 Å². The van der Waals surface area contributed by atoms with Gasteiger partial charge in [0, 0.05) is 10.2 Å². The summed E-state index contributed by atoms with van der Waals surface area (Å²) < 4.78 is 1.01. The van der Waals surface area contributed by atoms with Gasteiger partial charge < -0.3 is 5.32 Å². The molecular weight excluding hydrogens is 252 g/mol. The zero-order valence-corrected chi connectivity index (χ0v) is 10.8. The fourth-order valence-electron chi connectivity index (χ4n) is 1.19. The van der Waals surface area contributed by atoms with Crippen molar-refractivity contribution in [1.82, 2.24) is 0 Å². The van der Waals surface area contributed by atoms with E-state index in [4.69, 9.17) is 5.26 Å². The third-order valence-electron chi connectivity index (χ3n) is 2.13. The third-order valence-corrected chi connectivity index (χ3v) is 2.62. The molecule has 0 saturated carbocycles. The van der Waals surface area contributed by atoms with Gasteiger partial charge in [-0.15, -0.1) is 0 Å². The molecule has 0 radical (unpaired) electrons. The Morgan fingerprint density at radius 3 is 2.53 bits per heavy atom. The molecular formula is C12H15BrN2. The second-order valence-corrected chi connectivity index (χ2v) is 5.50. The highest BCUT2D eigenvalue weighted by Crippen LogP contribution is 2.24. The molecule has 0 aromatic heterocycles. The molecule has 1 aromatic rings. The van der Waals surface area contributed by atoms with Crippen molar-refractivity contribution in [2.75, 3.05) is 5.32 Å². The maximum Gasteiger partial charge on any atom is 0.119 e. The van der Waals surface area contributed by atoms with Crippen LogP contribution >= 0.6 is 15.9 Å². The molecule has 1 N–H and O–H groups in total. The highest BCUT2D eigenvalue weighted by Gasteiger charge is 2.23. The first-order valence-corrected chi connectivity index (χ1v) is 5.64. The van der Waals surface area contributed by atoms with Crippen LogP contribution in [0.2, 0.25) is 0 Å². The van der Waals surface area contributed by atoms with E-state index in [0.717, 1.165) is 10.2 Å². The Labute approximate surface area is 99.4 Å². The third kappa shape index (κ3) is 3.56. The molecule has 0 bridgehead atoms. The van der Waals surface area contributed by atoms with Crippen LogP contribution in [0.1, 0.15) is 20.8 Å². The molecule has 0 aliphatic carbocycles. The van der Waals surface area contributed by atoms with Crippen LogP contribution in [0.5, 0.6) is 0 Å². The van der Waals surface area contributed by atoms with Crippen molar-refractivity contribution < 1.29 is 0 Å². The fourth-order valence-corrected chi connectivity index (χ4v) is 1.59. The summed E-state index contributed by atoms with van der Waals surface area (Å²) in [6.45, 7) is 6.14. The van der Waals surface area contributed by atoms with E-state index in [2.05, 4.69) is 27.3 Å². The first-order valence-electron chi connectivity index (χ1n) is 4.85. The van der Waals surface area contributed by atoms with Crippen LogP contribution < -0.4 is 5.32 Å². The van der Waals surface area contributed by atoms with E-state index in [1.54, 1.807) is 0 Å². The van der Waals surface area contributed by atoms with Gasteiger partial charge in [-0.25, -0.2) is 0 Å². The van der Waals surface area contributed by atoms with E-state index in [1.165, 1.54) is 0 Å². The minimum absolute atomic E-state index is 0.0724. The average molecular weight is 267 g/mol. The van der Waals surface area contributed by atoms with Gasteiger partial charge in [-0.1, -0.05) is 42.8 Å². The number of nitriles is 1. The normalized spacial score (nSPS) is 13.0. The number of halogens is 1. The maximum atomic E-state index is 9.07. The molecule has 0 amide bonds. The summed E-state index contributed by atoms with van der Waals surface area (Å²) in [6, 6.07) is 9.93. The lowest BCUT2D eigenvalue weighted by Crippen LogP contribution is -2.32. The quantitative estimate of drug-likeness (QED) is 0.884. The summed E-state index contributed by atoms with van der Waals surface area (Å²) in [5.41, 5.74) is 0.891. The zero-order valence-electron chi connectivity index (χ0n) is 9.21. The molecule has 2 nitrogen and oxygen atoms in total. The van der Waals surface area contributed by atoms with Gasteiger partial charge >= 0.3 is 0 Å². The first kappa shape index (κ1) is 12.1. The number of hydrogen-bond acceptors (Lipinski definition) is 2. The van der Waals surface area contributed by atoms with Crippen molar-refractivity contribution >= 4 is 21.6 Å². The largest absolute Gasteiger partial charge is 0.369 e. The molecule has 0 heterocycles. The summed E-state index contributed by atoms with van der Waals surface area (Å²) in [5, 5.41) is 12.3. The van der Waals surface area contributed by atoms with Crippen molar-refractivity contribution in [3.63, 3.8) is 0 Å². The molecule has 1 unspecified atom stereocenters. The minimum atomic E-state index is -0.188. The number of hydrogen-bond donors (Lipinski definition) is 1. The summed E-state index contributed by atoms with van der Waals surface area (Å²) >= 11 is 3.40. The second kappa shape index (κ2) is 4.67. The summed E-state index contributed by atoms with van der Waals surface area (Å²) in [6.07, 6.45) is 0. The van der Waals surface area contributed by atoms with Gasteiger partial charge in [-0.05, 0) is 23.6 Å². The molecule has 1 aromatic carbocycles. The lowest BCUT2D eigenvalue weighted by Gasteiger charge is -2.26. The van der Waals surface area contributed by atoms with Gasteiger partial charge in [-0.2, -0.15) is 5.26 Å². The monoisotopic (exact) mass is 266 g/mol. The Morgan fingerprint density at radius 2 is 2.07 bits per heavy atom. The summed E-state index contributed by atoms with van der Waals surface area (Å²) in [5.74, 6) is 0. The van der Waals surface area contributed by atoms with Crippen LogP contribution in [0.25, 0.3) is 0 Å². The Morgan fingerprint density at radius 1 is 1.40 bits per heavy atom. The smallest absolute Gasteiger partial charge is 0.119 e. The topological polar surface area (TPSA) is 35.8 Å². The SMILES string of the molecule is CC(C)(C)C(C#N)Nc1cccc(Br)c1. The number of rotatable bonds is 2. The van der Waals surface area contributed by atoms with Gasteiger partial charge in [-0.3, -0.25) is 0 Å². The highest BCUT2D eigenvalue weighted by atomic mass is 79.9. The van der Waals surface area contributed by atoms with Crippen LogP contribution in [0.4, 0.5) is 5.69 Å². The summed E-state index contributed by atoms with van der Waals surface area (Å²) in [7, 11) is 0. The minimum Gasteiger partial charge on any atom is -0.369 e. The van der Waals surface area contributed by atoms with Crippen molar-refractivity contribution in [2.24, 2.45) is 5.41 Å². The predicted octanol–water partition coefficient (Wildman–Crippen LogP) is 3.80. The van der Waals surface area contributed by atoms with Crippen molar-refractivity contribution in [1.29, 1.82) is 5.26 Å². The van der Waals surface area contributed by atoms with Crippen LogP contribution in [0.3, 0.4) is 0 Å². The van der Waals surface area contributed by atoms with Gasteiger partial charge in [0.25, 0.3) is 0 Å². The number of benzene rings is 1. The predicted molar refractivity (Wildman–Crippen MR) is 66.6 cm³/mol. The van der Waals surface area contributed by atoms with Gasteiger partial charge in [0.1, 0.15) is 6.04 Å². The number of nitrogens with one attached hydrogen (secondary N) is 1. The van der Waals surface area contributed by atoms with E-state index >= 15 is 0 Å². The van der Waals surface area contributed by atoms with Crippen molar-refractivity contribution in [3.05, 3.63) is 28.7 Å². The molecule has 0 aliphatic rings. The van der Waals surface area contributed by atoms with Gasteiger partial charge in [0.05, 0.1) is 6.07 Å². The van der Waals surface area contributed by atoms with Crippen molar-refractivity contribution in [3.8, 4) is 6.07 Å². The first-order chi connectivity index (χ1) is 6.93. The second-order valence-electron chi connectivity index (χ2n) is 4.58. The lowest BCUT2D eigenvalue weighted by molar-refractivity contribution is 0.390. The molecule has 0 spiro atoms. The Kier molecular flexibility index (Phi) is 3.76. The standard InChI is InChI=1S/C12H15BrN2/c1-12(2,3)11(8-14)15-10-6-4-5-9(13)7-10/h4-7,11,15H,1-3H3. The van der Waals surface area contributed by atoms with Crippen LogP contribution in [-0.4, -0.2) is 6.04 Å². The molecule has 80 valence electrons. The van der Waals surface area contributed by atoms with E-state index in [-0.39, 0.29) is 11.5 Å². The zero-order chi connectivity index (χ0) is 11.5. The van der Waals surface area contributed by atoms with E-state index in [0.29, 0.717) is 0 Å². The average Bonchev–Trinajstić information content (AvgIpc) is 2.12. The molecule has 1 rings (SSSR count). The van der Waals surface area contributed by atoms with Gasteiger partial charge in [0.15, 0.2) is 0 Å². The van der Waals surface area contributed by atoms with E-state index in [1.807, 2.05) is 45.0 Å². The van der Waals surface area contributed by atoms with Crippen LogP contribution in [0, 0.1) is 16.7 Å². The molecule has 1 atom stereocenters. The molecule has 15 heavy (non-hydrogen) atoms. The Bertz CT molecular complexity index is 374. The molecule has 0 fully saturated rings. The van der Waals surface area contributed by atoms with Crippen molar-refractivity contribution in [2.45, 2.75) is 26.8 Å². The number of nitrogens with zero attached hydrogens (tertiary/aromatic N) is 1. The fraction of sp³-hybridized carbons (Fsp3) is 0.417. The molecule has 3 heteroatoms. The van der Waals surface area contributed by atoms with E-state index in [9.17, 15) is 0 Å². The molecule has 0 aliphatic heterocycles. The number of anilines is 1. The Hall–Kier alpha value is -1.01. The van der Waals surface area contributed by atoms with Crippen LogP contribution in [0.15, 0.2) is 28.7 Å². The van der Waals surface area contributed by atoms with Gasteiger partial charge in [0.2, 0.25) is 0 Å². The molecule has 0 saturated heterocycles. The maximum absolute atomic E-state index is 9.07. The van der Waals surface area contributed by atoms with E-state index < -0.39 is 0 Å². The Balaban J connectivity index is 2.82. The highest BCUT2D eigenvalue weighted by molar-refractivity contribution is 9.10. The summed E-state index contributed by atoms with van der Waals surface area (Å²) in [4.78, 5) is 0.